The van der Waals surface area contributed by atoms with Gasteiger partial charge >= 0.3 is 0 Å². The van der Waals surface area contributed by atoms with Crippen LogP contribution in [0.1, 0.15) is 32.3 Å². The number of hydrogen-bond acceptors (Lipinski definition) is 4. The minimum Gasteiger partial charge on any atom is -0.454 e. The number of unbranched alkanes of at least 4 members (excludes halogenated alkanes) is 1. The summed E-state index contributed by atoms with van der Waals surface area (Å²) < 4.78 is 11.8. The molecular weight excluding hydrogens is 332 g/mol. The first-order valence-electron chi connectivity index (χ1n) is 7.57. The zero-order valence-corrected chi connectivity index (χ0v) is 14.7. The Labute approximate surface area is 135 Å². The number of ether oxygens (including phenoxy) is 2. The molecule has 0 unspecified atom stereocenters. The fourth-order valence-electron chi connectivity index (χ4n) is 2.22. The molecule has 2 rings (SSSR count). The lowest BCUT2D eigenvalue weighted by Gasteiger charge is -2.20. The molecule has 0 fully saturated rings. The minimum atomic E-state index is 0.314. The third kappa shape index (κ3) is 4.87. The van der Waals surface area contributed by atoms with Crippen LogP contribution in [0, 0.1) is 0 Å². The van der Waals surface area contributed by atoms with Crippen LogP contribution in [-0.2, 0) is 6.54 Å². The van der Waals surface area contributed by atoms with Gasteiger partial charge in [-0.1, -0.05) is 0 Å². The molecule has 0 radical (unpaired) electrons. The second-order valence-corrected chi connectivity index (χ2v) is 6.62. The summed E-state index contributed by atoms with van der Waals surface area (Å²) in [6, 6.07) is 4.77. The summed E-state index contributed by atoms with van der Waals surface area (Å²) in [6.07, 6.45) is 2.43. The molecule has 1 heterocycles. The molecule has 1 aliphatic rings. The number of nitrogens with one attached hydrogen (secondary N) is 1. The van der Waals surface area contributed by atoms with E-state index in [0.29, 0.717) is 12.8 Å². The van der Waals surface area contributed by atoms with E-state index in [1.54, 1.807) is 0 Å². The lowest BCUT2D eigenvalue weighted by molar-refractivity contribution is 0.173. The van der Waals surface area contributed by atoms with Gasteiger partial charge in [0.15, 0.2) is 11.5 Å². The third-order valence-corrected chi connectivity index (χ3v) is 4.40. The summed E-state index contributed by atoms with van der Waals surface area (Å²) in [6.45, 7) is 7.84. The predicted octanol–water partition coefficient (Wildman–Crippen LogP) is 3.39. The maximum atomic E-state index is 5.43. The Hall–Kier alpha value is -0.780. The van der Waals surface area contributed by atoms with E-state index in [9.17, 15) is 0 Å². The largest absolute Gasteiger partial charge is 0.454 e. The van der Waals surface area contributed by atoms with E-state index in [-0.39, 0.29) is 0 Å². The first-order valence-corrected chi connectivity index (χ1v) is 8.36. The predicted molar refractivity (Wildman–Crippen MR) is 89.0 cm³/mol. The highest BCUT2D eigenvalue weighted by molar-refractivity contribution is 9.10. The van der Waals surface area contributed by atoms with Crippen molar-refractivity contribution in [2.75, 3.05) is 26.9 Å². The third-order valence-electron chi connectivity index (χ3n) is 3.81. The Bertz CT molecular complexity index is 466. The van der Waals surface area contributed by atoms with Gasteiger partial charge < -0.3 is 19.7 Å². The molecule has 0 atom stereocenters. The molecule has 0 aliphatic carbocycles. The van der Waals surface area contributed by atoms with Crippen LogP contribution >= 0.6 is 15.9 Å². The summed E-state index contributed by atoms with van der Waals surface area (Å²) in [5.74, 6) is 1.65. The molecule has 118 valence electrons. The quantitative estimate of drug-likeness (QED) is 0.724. The van der Waals surface area contributed by atoms with Crippen LogP contribution in [0.4, 0.5) is 0 Å². The molecule has 21 heavy (non-hydrogen) atoms. The Balaban J connectivity index is 1.67. The average molecular weight is 357 g/mol. The molecule has 0 bridgehead atoms. The van der Waals surface area contributed by atoms with Crippen molar-refractivity contribution < 1.29 is 9.47 Å². The molecule has 0 saturated heterocycles. The van der Waals surface area contributed by atoms with Gasteiger partial charge in [0.2, 0.25) is 6.79 Å². The molecule has 1 aromatic rings. The fraction of sp³-hybridized carbons (Fsp3) is 0.625. The van der Waals surface area contributed by atoms with Gasteiger partial charge in [0, 0.05) is 12.6 Å². The second-order valence-electron chi connectivity index (χ2n) is 5.77. The molecule has 1 N–H and O–H groups in total. The fourth-order valence-corrected chi connectivity index (χ4v) is 2.83. The van der Waals surface area contributed by atoms with Gasteiger partial charge in [0.25, 0.3) is 0 Å². The smallest absolute Gasteiger partial charge is 0.231 e. The van der Waals surface area contributed by atoms with Crippen LogP contribution in [0.5, 0.6) is 11.5 Å². The highest BCUT2D eigenvalue weighted by Gasteiger charge is 2.17. The number of hydrogen-bond donors (Lipinski definition) is 1. The Morgan fingerprint density at radius 1 is 1.29 bits per heavy atom. The van der Waals surface area contributed by atoms with Crippen molar-refractivity contribution in [1.82, 2.24) is 10.2 Å². The Kier molecular flexibility index (Phi) is 6.33. The standard InChI is InChI=1S/C16H25BrN2O2/c1-12(2)19(3)7-5-4-6-18-10-13-8-14(17)16-15(9-13)20-11-21-16/h8-9,12,18H,4-7,10-11H2,1-3H3. The van der Waals surface area contributed by atoms with E-state index < -0.39 is 0 Å². The first kappa shape index (κ1) is 16.6. The van der Waals surface area contributed by atoms with Crippen LogP contribution in [0.3, 0.4) is 0 Å². The molecule has 0 amide bonds. The maximum Gasteiger partial charge on any atom is 0.231 e. The van der Waals surface area contributed by atoms with E-state index in [2.05, 4.69) is 53.1 Å². The van der Waals surface area contributed by atoms with E-state index >= 15 is 0 Å². The van der Waals surface area contributed by atoms with Gasteiger partial charge in [-0.15, -0.1) is 0 Å². The van der Waals surface area contributed by atoms with Gasteiger partial charge in [0.05, 0.1) is 4.47 Å². The summed E-state index contributed by atoms with van der Waals surface area (Å²) in [4.78, 5) is 2.38. The second kappa shape index (κ2) is 8.01. The zero-order chi connectivity index (χ0) is 15.2. The van der Waals surface area contributed by atoms with Crippen LogP contribution in [-0.4, -0.2) is 37.9 Å². The number of nitrogens with zero attached hydrogens (tertiary/aromatic N) is 1. The Morgan fingerprint density at radius 2 is 2.10 bits per heavy atom. The van der Waals surface area contributed by atoms with Gasteiger partial charge in [-0.25, -0.2) is 0 Å². The highest BCUT2D eigenvalue weighted by Crippen LogP contribution is 2.39. The van der Waals surface area contributed by atoms with Crippen molar-refractivity contribution in [2.45, 2.75) is 39.3 Å². The molecule has 1 aromatic carbocycles. The van der Waals surface area contributed by atoms with E-state index in [1.807, 2.05) is 6.07 Å². The zero-order valence-electron chi connectivity index (χ0n) is 13.1. The number of halogens is 1. The van der Waals surface area contributed by atoms with E-state index in [4.69, 9.17) is 9.47 Å². The summed E-state index contributed by atoms with van der Waals surface area (Å²) in [7, 11) is 2.18. The number of rotatable bonds is 8. The number of benzene rings is 1. The SMILES string of the molecule is CC(C)N(C)CCCCNCc1cc(Br)c2c(c1)OCO2. The summed E-state index contributed by atoms with van der Waals surface area (Å²) in [5.41, 5.74) is 1.21. The minimum absolute atomic E-state index is 0.314. The van der Waals surface area contributed by atoms with E-state index in [1.165, 1.54) is 18.4 Å². The lowest BCUT2D eigenvalue weighted by Crippen LogP contribution is -2.27. The van der Waals surface area contributed by atoms with Crippen molar-refractivity contribution in [1.29, 1.82) is 0 Å². The molecule has 0 spiro atoms. The molecule has 4 nitrogen and oxygen atoms in total. The van der Waals surface area contributed by atoms with Crippen molar-refractivity contribution in [3.8, 4) is 11.5 Å². The van der Waals surface area contributed by atoms with Crippen LogP contribution in [0.15, 0.2) is 16.6 Å². The van der Waals surface area contributed by atoms with Crippen LogP contribution < -0.4 is 14.8 Å². The highest BCUT2D eigenvalue weighted by atomic mass is 79.9. The number of fused-ring (bicyclic) bond motifs is 1. The van der Waals surface area contributed by atoms with Gasteiger partial charge in [0.1, 0.15) is 0 Å². The van der Waals surface area contributed by atoms with Crippen molar-refractivity contribution in [3.05, 3.63) is 22.2 Å². The summed E-state index contributed by atoms with van der Waals surface area (Å²) in [5, 5.41) is 3.49. The summed E-state index contributed by atoms with van der Waals surface area (Å²) >= 11 is 3.52. The van der Waals surface area contributed by atoms with Gasteiger partial charge in [-0.3, -0.25) is 0 Å². The molecule has 5 heteroatoms. The topological polar surface area (TPSA) is 33.7 Å². The van der Waals surface area contributed by atoms with E-state index in [0.717, 1.165) is 35.6 Å². The van der Waals surface area contributed by atoms with Crippen molar-refractivity contribution in [3.63, 3.8) is 0 Å². The first-order chi connectivity index (χ1) is 10.1. The normalized spacial score (nSPS) is 13.4. The molecule has 0 aromatic heterocycles. The molecule has 0 saturated carbocycles. The van der Waals surface area contributed by atoms with Gasteiger partial charge in [-0.2, -0.15) is 0 Å². The Morgan fingerprint density at radius 3 is 2.86 bits per heavy atom. The lowest BCUT2D eigenvalue weighted by atomic mass is 10.2. The van der Waals surface area contributed by atoms with Crippen molar-refractivity contribution in [2.24, 2.45) is 0 Å². The molecule has 1 aliphatic heterocycles. The van der Waals surface area contributed by atoms with Crippen LogP contribution in [0.25, 0.3) is 0 Å². The van der Waals surface area contributed by atoms with Gasteiger partial charge in [-0.05, 0) is 80.5 Å². The average Bonchev–Trinajstić information content (AvgIpc) is 2.91. The van der Waals surface area contributed by atoms with Crippen LogP contribution in [0.2, 0.25) is 0 Å². The molecular formula is C16H25BrN2O2. The maximum absolute atomic E-state index is 5.43. The van der Waals surface area contributed by atoms with Crippen molar-refractivity contribution >= 4 is 15.9 Å². The monoisotopic (exact) mass is 356 g/mol.